The number of nitrogens with one attached hydrogen (secondary N) is 2. The zero-order valence-electron chi connectivity index (χ0n) is 8.93. The second-order valence-electron chi connectivity index (χ2n) is 3.80. The molecule has 0 fully saturated rings. The maximum absolute atomic E-state index is 6.16. The molecule has 1 aromatic carbocycles. The molecule has 1 aromatic rings. The van der Waals surface area contributed by atoms with E-state index in [-0.39, 0.29) is 0 Å². The van der Waals surface area contributed by atoms with E-state index in [2.05, 4.69) is 38.5 Å². The van der Waals surface area contributed by atoms with Crippen molar-refractivity contribution in [3.63, 3.8) is 0 Å². The fourth-order valence-electron chi connectivity index (χ4n) is 1.52. The van der Waals surface area contributed by atoms with Crippen LogP contribution in [0.2, 0.25) is 5.02 Å². The Morgan fingerprint density at radius 1 is 1.62 bits per heavy atom. The predicted octanol–water partition coefficient (Wildman–Crippen LogP) is 2.54. The Morgan fingerprint density at radius 2 is 2.44 bits per heavy atom. The Hall–Kier alpha value is -0.740. The lowest BCUT2D eigenvalue weighted by molar-refractivity contribution is 0.713. The molecule has 0 spiro atoms. The smallest absolute Gasteiger partial charge is 0.191 e. The molecule has 2 N–H and O–H groups in total. The Kier molecular flexibility index (Phi) is 3.71. The van der Waals surface area contributed by atoms with Gasteiger partial charge in [0.05, 0.1) is 11.6 Å². The Morgan fingerprint density at radius 3 is 3.12 bits per heavy atom. The summed E-state index contributed by atoms with van der Waals surface area (Å²) in [6, 6.07) is 6.32. The molecule has 86 valence electrons. The molecule has 0 aliphatic carbocycles. The van der Waals surface area contributed by atoms with Gasteiger partial charge in [0.25, 0.3) is 0 Å². The molecule has 2 rings (SSSR count). The van der Waals surface area contributed by atoms with E-state index < -0.39 is 0 Å². The lowest BCUT2D eigenvalue weighted by atomic mass is 10.2. The molecule has 1 unspecified atom stereocenters. The number of rotatable bonds is 2. The first-order valence-corrected chi connectivity index (χ1v) is 6.31. The van der Waals surface area contributed by atoms with Crippen LogP contribution in [0.4, 0.5) is 0 Å². The van der Waals surface area contributed by atoms with Gasteiger partial charge in [-0.15, -0.1) is 0 Å². The first kappa shape index (κ1) is 11.7. The zero-order valence-corrected chi connectivity index (χ0v) is 11.3. The minimum atomic E-state index is 0.417. The summed E-state index contributed by atoms with van der Waals surface area (Å²) in [6.07, 6.45) is 0. The molecule has 3 nitrogen and oxygen atoms in total. The van der Waals surface area contributed by atoms with Crippen LogP contribution in [-0.4, -0.2) is 18.5 Å². The van der Waals surface area contributed by atoms with Crippen LogP contribution in [0, 0.1) is 0 Å². The summed E-state index contributed by atoms with van der Waals surface area (Å²) in [5.74, 6) is 0.851. The van der Waals surface area contributed by atoms with Gasteiger partial charge in [-0.05, 0) is 34.5 Å². The van der Waals surface area contributed by atoms with Crippen LogP contribution in [-0.2, 0) is 6.54 Å². The van der Waals surface area contributed by atoms with E-state index in [0.29, 0.717) is 12.6 Å². The first-order valence-electron chi connectivity index (χ1n) is 5.14. The van der Waals surface area contributed by atoms with Gasteiger partial charge in [-0.25, -0.2) is 0 Å². The van der Waals surface area contributed by atoms with Gasteiger partial charge in [0.1, 0.15) is 0 Å². The molecule has 1 aliphatic rings. The molecule has 5 heteroatoms. The van der Waals surface area contributed by atoms with E-state index in [1.807, 2.05) is 18.2 Å². The quantitative estimate of drug-likeness (QED) is 0.881. The molecule has 0 radical (unpaired) electrons. The predicted molar refractivity (Wildman–Crippen MR) is 70.9 cm³/mol. The van der Waals surface area contributed by atoms with Crippen LogP contribution in [0.25, 0.3) is 0 Å². The highest BCUT2D eigenvalue weighted by Gasteiger charge is 2.12. The number of nitrogens with zero attached hydrogens (tertiary/aromatic N) is 1. The lowest BCUT2D eigenvalue weighted by Gasteiger charge is -2.10. The van der Waals surface area contributed by atoms with Crippen molar-refractivity contribution in [2.45, 2.75) is 19.5 Å². The van der Waals surface area contributed by atoms with Crippen LogP contribution >= 0.6 is 27.5 Å². The van der Waals surface area contributed by atoms with Crippen molar-refractivity contribution in [2.24, 2.45) is 4.99 Å². The molecular weight excluding hydrogens is 289 g/mol. The number of aliphatic imine (C=N–C) groups is 1. The van der Waals surface area contributed by atoms with E-state index in [0.717, 1.165) is 27.6 Å². The summed E-state index contributed by atoms with van der Waals surface area (Å²) in [6.45, 7) is 3.61. The number of hydrogen-bond donors (Lipinski definition) is 2. The summed E-state index contributed by atoms with van der Waals surface area (Å²) < 4.78 is 0.920. The van der Waals surface area contributed by atoms with Crippen molar-refractivity contribution in [1.82, 2.24) is 10.6 Å². The van der Waals surface area contributed by atoms with E-state index in [1.165, 1.54) is 0 Å². The van der Waals surface area contributed by atoms with Gasteiger partial charge in [0.15, 0.2) is 5.96 Å². The number of benzene rings is 1. The third kappa shape index (κ3) is 2.68. The number of guanidine groups is 1. The van der Waals surface area contributed by atoms with Crippen molar-refractivity contribution >= 4 is 33.5 Å². The average Bonchev–Trinajstić information content (AvgIpc) is 2.67. The van der Waals surface area contributed by atoms with Crippen molar-refractivity contribution in [2.75, 3.05) is 6.54 Å². The van der Waals surface area contributed by atoms with Gasteiger partial charge in [-0.2, -0.15) is 0 Å². The highest BCUT2D eigenvalue weighted by Crippen LogP contribution is 2.25. The summed E-state index contributed by atoms with van der Waals surface area (Å²) in [4.78, 5) is 4.32. The SMILES string of the molecule is CC1CN=C(NCc2cccc(Br)c2Cl)N1. The largest absolute Gasteiger partial charge is 0.352 e. The van der Waals surface area contributed by atoms with Crippen molar-refractivity contribution in [3.05, 3.63) is 33.3 Å². The van der Waals surface area contributed by atoms with Crippen molar-refractivity contribution < 1.29 is 0 Å². The van der Waals surface area contributed by atoms with Gasteiger partial charge >= 0.3 is 0 Å². The molecule has 0 saturated heterocycles. The molecule has 16 heavy (non-hydrogen) atoms. The minimum Gasteiger partial charge on any atom is -0.352 e. The van der Waals surface area contributed by atoms with Crippen LogP contribution in [0.1, 0.15) is 12.5 Å². The molecule has 0 saturated carbocycles. The number of hydrogen-bond acceptors (Lipinski definition) is 3. The maximum atomic E-state index is 6.16. The second-order valence-corrected chi connectivity index (χ2v) is 5.03. The third-order valence-corrected chi connectivity index (χ3v) is 3.72. The van der Waals surface area contributed by atoms with Crippen LogP contribution < -0.4 is 10.6 Å². The van der Waals surface area contributed by atoms with Gasteiger partial charge in [0.2, 0.25) is 0 Å². The second kappa shape index (κ2) is 5.06. The molecule has 1 heterocycles. The minimum absolute atomic E-state index is 0.417. The van der Waals surface area contributed by atoms with Crippen LogP contribution in [0.3, 0.4) is 0 Å². The summed E-state index contributed by atoms with van der Waals surface area (Å²) >= 11 is 9.56. The molecule has 0 amide bonds. The summed E-state index contributed by atoms with van der Waals surface area (Å²) in [5, 5.41) is 7.22. The van der Waals surface area contributed by atoms with Crippen molar-refractivity contribution in [1.29, 1.82) is 0 Å². The summed E-state index contributed by atoms with van der Waals surface area (Å²) in [7, 11) is 0. The van der Waals surface area contributed by atoms with E-state index in [9.17, 15) is 0 Å². The molecule has 1 atom stereocenters. The zero-order chi connectivity index (χ0) is 11.5. The summed E-state index contributed by atoms with van der Waals surface area (Å²) in [5.41, 5.74) is 1.06. The normalized spacial score (nSPS) is 19.2. The van der Waals surface area contributed by atoms with E-state index >= 15 is 0 Å². The first-order chi connectivity index (χ1) is 7.66. The van der Waals surface area contributed by atoms with Crippen LogP contribution in [0.5, 0.6) is 0 Å². The van der Waals surface area contributed by atoms with E-state index in [1.54, 1.807) is 0 Å². The fraction of sp³-hybridized carbons (Fsp3) is 0.364. The Bertz CT molecular complexity index is 420. The van der Waals surface area contributed by atoms with Gasteiger partial charge in [-0.3, -0.25) is 4.99 Å². The Balaban J connectivity index is 1.97. The monoisotopic (exact) mass is 301 g/mol. The topological polar surface area (TPSA) is 36.4 Å². The van der Waals surface area contributed by atoms with Gasteiger partial charge < -0.3 is 10.6 Å². The standard InChI is InChI=1S/C11H13BrClN3/c1-7-5-14-11(16-7)15-6-8-3-2-4-9(12)10(8)13/h2-4,7H,5-6H2,1H3,(H2,14,15,16). The van der Waals surface area contributed by atoms with Crippen LogP contribution in [0.15, 0.2) is 27.7 Å². The molecule has 0 aromatic heterocycles. The van der Waals surface area contributed by atoms with Gasteiger partial charge in [0, 0.05) is 17.1 Å². The number of halogens is 2. The third-order valence-electron chi connectivity index (χ3n) is 2.38. The average molecular weight is 303 g/mol. The fourth-order valence-corrected chi connectivity index (χ4v) is 2.12. The molecular formula is C11H13BrClN3. The van der Waals surface area contributed by atoms with Crippen molar-refractivity contribution in [3.8, 4) is 0 Å². The highest BCUT2D eigenvalue weighted by molar-refractivity contribution is 9.10. The highest BCUT2D eigenvalue weighted by atomic mass is 79.9. The maximum Gasteiger partial charge on any atom is 0.191 e. The molecule has 0 bridgehead atoms. The van der Waals surface area contributed by atoms with Gasteiger partial charge in [-0.1, -0.05) is 23.7 Å². The Labute approximate surface area is 108 Å². The molecule has 1 aliphatic heterocycles. The van der Waals surface area contributed by atoms with E-state index in [4.69, 9.17) is 11.6 Å². The lowest BCUT2D eigenvalue weighted by Crippen LogP contribution is -2.37.